The molecule has 0 bridgehead atoms. The van der Waals surface area contributed by atoms with Gasteiger partial charge in [0.15, 0.2) is 6.61 Å². The van der Waals surface area contributed by atoms with Gasteiger partial charge in [0, 0.05) is 12.0 Å². The molecule has 0 heterocycles. The smallest absolute Gasteiger partial charge is 0.307 e. The van der Waals surface area contributed by atoms with Crippen LogP contribution in [0.2, 0.25) is 0 Å². The molecule has 5 heteroatoms. The summed E-state index contributed by atoms with van der Waals surface area (Å²) in [5, 5.41) is 0. The molecular formula is C25H24O5. The number of ether oxygens (including phenoxy) is 3. The van der Waals surface area contributed by atoms with E-state index in [0.717, 1.165) is 11.1 Å². The molecule has 154 valence electrons. The summed E-state index contributed by atoms with van der Waals surface area (Å²) in [7, 11) is 3.01. The lowest BCUT2D eigenvalue weighted by Crippen LogP contribution is -2.17. The Morgan fingerprint density at radius 3 is 1.93 bits per heavy atom. The minimum absolute atomic E-state index is 0.140. The van der Waals surface area contributed by atoms with Gasteiger partial charge in [-0.15, -0.1) is 0 Å². The monoisotopic (exact) mass is 404 g/mol. The van der Waals surface area contributed by atoms with Crippen LogP contribution in [0.4, 0.5) is 0 Å². The van der Waals surface area contributed by atoms with E-state index in [4.69, 9.17) is 14.2 Å². The number of Topliss-reactive ketones (excluding diaryl/α,β-unsaturated/α-hetero) is 1. The molecule has 0 spiro atoms. The first kappa shape index (κ1) is 21.1. The molecule has 3 aromatic carbocycles. The molecule has 0 aliphatic rings. The van der Waals surface area contributed by atoms with Crippen LogP contribution in [-0.4, -0.2) is 32.6 Å². The Morgan fingerprint density at radius 1 is 0.800 bits per heavy atom. The lowest BCUT2D eigenvalue weighted by molar-refractivity contribution is -0.142. The van der Waals surface area contributed by atoms with Gasteiger partial charge >= 0.3 is 5.97 Å². The van der Waals surface area contributed by atoms with E-state index in [1.807, 2.05) is 60.7 Å². The van der Waals surface area contributed by atoms with E-state index >= 15 is 0 Å². The summed E-state index contributed by atoms with van der Waals surface area (Å²) in [6.45, 7) is -0.349. The average Bonchev–Trinajstić information content (AvgIpc) is 2.81. The number of hydrogen-bond donors (Lipinski definition) is 0. The SMILES string of the molecule is COc1ccc(C(=O)COC(=O)CC(c2ccccc2)c2ccccc2)c(OC)c1. The highest BCUT2D eigenvalue weighted by Crippen LogP contribution is 2.29. The molecular weight excluding hydrogens is 380 g/mol. The predicted octanol–water partition coefficient (Wildman–Crippen LogP) is 4.65. The summed E-state index contributed by atoms with van der Waals surface area (Å²) in [5.41, 5.74) is 2.38. The van der Waals surface area contributed by atoms with Crippen LogP contribution in [0, 0.1) is 0 Å². The molecule has 0 aliphatic heterocycles. The Kier molecular flexibility index (Phi) is 7.22. The summed E-state index contributed by atoms with van der Waals surface area (Å²) in [6.07, 6.45) is 0.140. The molecule has 0 aliphatic carbocycles. The van der Waals surface area contributed by atoms with Crippen molar-refractivity contribution in [3.05, 3.63) is 95.6 Å². The maximum atomic E-state index is 12.6. The van der Waals surface area contributed by atoms with Crippen molar-refractivity contribution in [2.45, 2.75) is 12.3 Å². The normalized spacial score (nSPS) is 10.5. The van der Waals surface area contributed by atoms with Gasteiger partial charge in [0.25, 0.3) is 0 Å². The highest BCUT2D eigenvalue weighted by Gasteiger charge is 2.21. The summed E-state index contributed by atoms with van der Waals surface area (Å²) in [4.78, 5) is 25.1. The molecule has 0 atom stereocenters. The third kappa shape index (κ3) is 5.26. The molecule has 0 saturated carbocycles. The topological polar surface area (TPSA) is 61.8 Å². The van der Waals surface area contributed by atoms with Crippen LogP contribution in [0.1, 0.15) is 33.8 Å². The number of carbonyl (C=O) groups is 2. The van der Waals surface area contributed by atoms with E-state index in [1.165, 1.54) is 14.2 Å². The number of benzene rings is 3. The third-order valence-corrected chi connectivity index (χ3v) is 4.85. The van der Waals surface area contributed by atoms with E-state index < -0.39 is 5.97 Å². The molecule has 3 aromatic rings. The number of rotatable bonds is 9. The lowest BCUT2D eigenvalue weighted by Gasteiger charge is -2.17. The summed E-state index contributed by atoms with van der Waals surface area (Å²) < 4.78 is 15.7. The Hall–Kier alpha value is -3.60. The molecule has 0 N–H and O–H groups in total. The zero-order chi connectivity index (χ0) is 21.3. The van der Waals surface area contributed by atoms with Crippen LogP contribution in [0.3, 0.4) is 0 Å². The Labute approximate surface area is 176 Å². The van der Waals surface area contributed by atoms with Crippen LogP contribution >= 0.6 is 0 Å². The predicted molar refractivity (Wildman–Crippen MR) is 114 cm³/mol. The number of methoxy groups -OCH3 is 2. The van der Waals surface area contributed by atoms with E-state index in [1.54, 1.807) is 18.2 Å². The van der Waals surface area contributed by atoms with Gasteiger partial charge in [-0.2, -0.15) is 0 Å². The van der Waals surface area contributed by atoms with E-state index in [-0.39, 0.29) is 24.7 Å². The minimum Gasteiger partial charge on any atom is -0.497 e. The minimum atomic E-state index is -0.437. The molecule has 0 saturated heterocycles. The Bertz CT molecular complexity index is 943. The van der Waals surface area contributed by atoms with Crippen molar-refractivity contribution in [1.29, 1.82) is 0 Å². The van der Waals surface area contributed by atoms with Crippen LogP contribution in [0.15, 0.2) is 78.9 Å². The quantitative estimate of drug-likeness (QED) is 0.384. The fourth-order valence-corrected chi connectivity index (χ4v) is 3.28. The highest BCUT2D eigenvalue weighted by atomic mass is 16.5. The maximum Gasteiger partial charge on any atom is 0.307 e. The molecule has 0 radical (unpaired) electrons. The average molecular weight is 404 g/mol. The molecule has 30 heavy (non-hydrogen) atoms. The summed E-state index contributed by atoms with van der Waals surface area (Å²) in [6, 6.07) is 24.5. The molecule has 0 amide bonds. The van der Waals surface area contributed by atoms with Gasteiger partial charge in [-0.3, -0.25) is 9.59 Å². The van der Waals surface area contributed by atoms with Crippen LogP contribution in [0.25, 0.3) is 0 Å². The standard InChI is InChI=1S/C25H24O5/c1-28-20-13-14-21(24(15-20)29-2)23(26)17-30-25(27)16-22(18-9-5-3-6-10-18)19-11-7-4-8-12-19/h3-15,22H,16-17H2,1-2H3. The zero-order valence-electron chi connectivity index (χ0n) is 17.0. The van der Waals surface area contributed by atoms with Gasteiger partial charge in [-0.25, -0.2) is 0 Å². The van der Waals surface area contributed by atoms with Crippen molar-refractivity contribution in [2.75, 3.05) is 20.8 Å². The summed E-state index contributed by atoms with van der Waals surface area (Å²) >= 11 is 0. The van der Waals surface area contributed by atoms with Crippen molar-refractivity contribution in [3.63, 3.8) is 0 Å². The fourth-order valence-electron chi connectivity index (χ4n) is 3.28. The highest BCUT2D eigenvalue weighted by molar-refractivity contribution is 6.00. The molecule has 5 nitrogen and oxygen atoms in total. The molecule has 0 aromatic heterocycles. The van der Waals surface area contributed by atoms with Crippen LogP contribution in [-0.2, 0) is 9.53 Å². The largest absolute Gasteiger partial charge is 0.497 e. The lowest BCUT2D eigenvalue weighted by atomic mass is 9.89. The first-order valence-corrected chi connectivity index (χ1v) is 9.63. The molecule has 0 unspecified atom stereocenters. The zero-order valence-corrected chi connectivity index (χ0v) is 17.0. The van der Waals surface area contributed by atoms with Crippen molar-refractivity contribution >= 4 is 11.8 Å². The second kappa shape index (κ2) is 10.3. The molecule has 3 rings (SSSR count). The number of hydrogen-bond acceptors (Lipinski definition) is 5. The van der Waals surface area contributed by atoms with E-state index in [9.17, 15) is 9.59 Å². The summed E-state index contributed by atoms with van der Waals surface area (Å²) in [5.74, 6) is 0.0358. The van der Waals surface area contributed by atoms with Crippen molar-refractivity contribution in [2.24, 2.45) is 0 Å². The Balaban J connectivity index is 1.68. The van der Waals surface area contributed by atoms with Gasteiger partial charge in [0.2, 0.25) is 5.78 Å². The second-order valence-corrected chi connectivity index (χ2v) is 6.73. The number of carbonyl (C=O) groups excluding carboxylic acids is 2. The third-order valence-electron chi connectivity index (χ3n) is 4.85. The first-order valence-electron chi connectivity index (χ1n) is 9.63. The van der Waals surface area contributed by atoms with Gasteiger partial charge < -0.3 is 14.2 Å². The van der Waals surface area contributed by atoms with Crippen molar-refractivity contribution in [1.82, 2.24) is 0 Å². The van der Waals surface area contributed by atoms with Crippen LogP contribution in [0.5, 0.6) is 11.5 Å². The first-order chi connectivity index (χ1) is 14.6. The Morgan fingerprint density at radius 2 is 1.40 bits per heavy atom. The van der Waals surface area contributed by atoms with Crippen molar-refractivity contribution in [3.8, 4) is 11.5 Å². The van der Waals surface area contributed by atoms with Crippen LogP contribution < -0.4 is 9.47 Å². The van der Waals surface area contributed by atoms with Gasteiger partial charge in [0.05, 0.1) is 26.2 Å². The number of ketones is 1. The molecule has 0 fully saturated rings. The van der Waals surface area contributed by atoms with Gasteiger partial charge in [-0.05, 0) is 23.3 Å². The van der Waals surface area contributed by atoms with Gasteiger partial charge in [-0.1, -0.05) is 60.7 Å². The second-order valence-electron chi connectivity index (χ2n) is 6.73. The van der Waals surface area contributed by atoms with E-state index in [0.29, 0.717) is 17.1 Å². The maximum absolute atomic E-state index is 12.6. The fraction of sp³-hybridized carbons (Fsp3) is 0.200. The van der Waals surface area contributed by atoms with E-state index in [2.05, 4.69) is 0 Å². The van der Waals surface area contributed by atoms with Gasteiger partial charge in [0.1, 0.15) is 11.5 Å². The van der Waals surface area contributed by atoms with Crippen molar-refractivity contribution < 1.29 is 23.8 Å². The number of esters is 1.